The number of anilines is 1. The summed E-state index contributed by atoms with van der Waals surface area (Å²) in [6.07, 6.45) is 11.3. The number of nitrogens with one attached hydrogen (secondary N) is 1. The van der Waals surface area contributed by atoms with Gasteiger partial charge < -0.3 is 32.5 Å². The van der Waals surface area contributed by atoms with E-state index in [1.165, 1.54) is 41.7 Å². The number of carbonyl (C=O) groups excluding carboxylic acids is 1. The normalized spacial score (nSPS) is 25.2. The van der Waals surface area contributed by atoms with Crippen LogP contribution in [0.5, 0.6) is 5.75 Å². The van der Waals surface area contributed by atoms with E-state index in [9.17, 15) is 9.90 Å². The van der Waals surface area contributed by atoms with Crippen LogP contribution in [0.25, 0.3) is 11.4 Å². The molecule has 2 heterocycles. The number of hydrogen-bond donors (Lipinski definition) is 5. The van der Waals surface area contributed by atoms with Crippen molar-refractivity contribution in [2.24, 2.45) is 28.5 Å². The first-order chi connectivity index (χ1) is 19.5. The minimum Gasteiger partial charge on any atom is -0.507 e. The molecule has 0 spiro atoms. The molecule has 0 atom stereocenters. The minimum atomic E-state index is -0.0358. The molecule has 1 saturated carbocycles. The van der Waals surface area contributed by atoms with Crippen molar-refractivity contribution < 1.29 is 9.90 Å². The molecule has 41 heavy (non-hydrogen) atoms. The van der Waals surface area contributed by atoms with Crippen molar-refractivity contribution in [3.05, 3.63) is 76.9 Å². The Labute approximate surface area is 244 Å². The van der Waals surface area contributed by atoms with E-state index in [0.717, 1.165) is 5.92 Å². The lowest BCUT2D eigenvalue weighted by molar-refractivity contribution is -0.118. The number of nitrogens with two attached hydrogens (primary N) is 3. The Morgan fingerprint density at radius 2 is 1.83 bits per heavy atom. The third kappa shape index (κ3) is 7.41. The second kappa shape index (κ2) is 13.6. The number of rotatable bonds is 4. The summed E-state index contributed by atoms with van der Waals surface area (Å²) in [5, 5.41) is 17.2. The van der Waals surface area contributed by atoms with Gasteiger partial charge in [0, 0.05) is 24.4 Å². The maximum absolute atomic E-state index is 12.0. The molecule has 2 fully saturated rings. The lowest BCUT2D eigenvalue weighted by Crippen LogP contribution is -2.48. The van der Waals surface area contributed by atoms with E-state index in [-0.39, 0.29) is 29.7 Å². The third-order valence-electron chi connectivity index (χ3n) is 8.19. The van der Waals surface area contributed by atoms with Crippen LogP contribution in [-0.4, -0.2) is 40.4 Å². The smallest absolute Gasteiger partial charge is 0.241 e. The molecule has 1 aromatic carbocycles. The minimum absolute atomic E-state index is 0.00431. The van der Waals surface area contributed by atoms with Gasteiger partial charge in [-0.25, -0.2) is 4.68 Å². The number of carbonyl (C=O) groups is 1. The Balaban J connectivity index is 0.000000257. The van der Waals surface area contributed by atoms with Crippen molar-refractivity contribution in [3.8, 4) is 5.75 Å². The number of piperazine rings is 1. The van der Waals surface area contributed by atoms with E-state index >= 15 is 0 Å². The Kier molecular flexibility index (Phi) is 10.5. The summed E-state index contributed by atoms with van der Waals surface area (Å²) in [4.78, 5) is 13.7. The molecule has 9 heteroatoms. The lowest BCUT2D eigenvalue weighted by atomic mass is 9.58. The van der Waals surface area contributed by atoms with Crippen LogP contribution in [-0.2, 0) is 4.79 Å². The summed E-state index contributed by atoms with van der Waals surface area (Å²) < 4.78 is 1.45. The number of aromatic nitrogens is 2. The van der Waals surface area contributed by atoms with Gasteiger partial charge >= 0.3 is 0 Å². The summed E-state index contributed by atoms with van der Waals surface area (Å²) in [5.74, 6) is 0.911. The molecule has 8 N–H and O–H groups in total. The number of allylic oxidation sites excluding steroid dienone is 6. The molecule has 1 aromatic heterocycles. The molecular weight excluding hydrogens is 514 g/mol. The maximum Gasteiger partial charge on any atom is 0.241 e. The van der Waals surface area contributed by atoms with Gasteiger partial charge in [-0.1, -0.05) is 50.1 Å². The number of nitrogens with zero attached hydrogens (tertiary/aromatic N) is 3. The van der Waals surface area contributed by atoms with E-state index in [4.69, 9.17) is 17.2 Å². The Hall–Kier alpha value is -3.98. The summed E-state index contributed by atoms with van der Waals surface area (Å²) in [5.41, 5.74) is 24.7. The zero-order chi connectivity index (χ0) is 30.3. The molecule has 1 amide bonds. The van der Waals surface area contributed by atoms with E-state index < -0.39 is 0 Å². The van der Waals surface area contributed by atoms with E-state index in [1.54, 1.807) is 46.6 Å². The average molecular weight is 562 g/mol. The fourth-order valence-electron chi connectivity index (χ4n) is 5.46. The molecule has 9 nitrogen and oxygen atoms in total. The number of amides is 1. The van der Waals surface area contributed by atoms with Crippen LogP contribution in [0.3, 0.4) is 0 Å². The van der Waals surface area contributed by atoms with Gasteiger partial charge in [-0.15, -0.1) is 0 Å². The quantitative estimate of drug-likeness (QED) is 0.340. The summed E-state index contributed by atoms with van der Waals surface area (Å²) in [6, 6.07) is 6.67. The number of phenols is 1. The Morgan fingerprint density at radius 1 is 1.15 bits per heavy atom. The van der Waals surface area contributed by atoms with E-state index in [2.05, 4.69) is 44.2 Å². The monoisotopic (exact) mass is 561 g/mol. The number of aromatic hydroxyl groups is 1. The fourth-order valence-corrected chi connectivity index (χ4v) is 5.46. The molecule has 1 saturated heterocycles. The van der Waals surface area contributed by atoms with Crippen molar-refractivity contribution >= 4 is 23.0 Å². The van der Waals surface area contributed by atoms with Gasteiger partial charge in [0.05, 0.1) is 24.6 Å². The van der Waals surface area contributed by atoms with Crippen molar-refractivity contribution in [2.75, 3.05) is 24.5 Å². The first-order valence-corrected chi connectivity index (χ1v) is 14.4. The van der Waals surface area contributed by atoms with Crippen LogP contribution < -0.4 is 27.4 Å². The highest BCUT2D eigenvalue weighted by atomic mass is 16.3. The number of para-hydroxylation sites is 1. The fraction of sp³-hybridized carbons (Fsp3) is 0.438. The van der Waals surface area contributed by atoms with E-state index in [0.29, 0.717) is 35.5 Å². The van der Waals surface area contributed by atoms with Crippen LogP contribution in [0.2, 0.25) is 0 Å². The number of fused-ring (bicyclic) bond motifs is 2. The van der Waals surface area contributed by atoms with Crippen molar-refractivity contribution in [1.29, 1.82) is 0 Å². The van der Waals surface area contributed by atoms with Crippen molar-refractivity contribution in [3.63, 3.8) is 0 Å². The van der Waals surface area contributed by atoms with Crippen LogP contribution in [0, 0.1) is 11.3 Å². The highest BCUT2D eigenvalue weighted by molar-refractivity contribution is 5.95. The zero-order valence-corrected chi connectivity index (χ0v) is 25.4. The van der Waals surface area contributed by atoms with Gasteiger partial charge in [0.2, 0.25) is 5.91 Å². The standard InChI is InChI=1S/C17H21N7O2.C13H20.C2H6/c18-13(12-3-1-2-4-15(12)25)7-14(17(19)20)24-10-11(8-22-24)23-6-5-21-9-16(23)26;1-9-5-6-13(4)7-12(8-13)11(3)10(9)2;1-2/h1-4,7-8,10,21,25H,5-6,9,18-20H2;5,12H,6-8H2,1-4H3;1-2H3/b13-7-;9-5-,11-10+;. The molecule has 0 unspecified atom stereocenters. The van der Waals surface area contributed by atoms with Crippen LogP contribution in [0.15, 0.2) is 71.4 Å². The van der Waals surface area contributed by atoms with Crippen LogP contribution >= 0.6 is 0 Å². The molecule has 2 aromatic rings. The first kappa shape index (κ1) is 31.5. The topological polar surface area (TPSA) is 148 Å². The zero-order valence-electron chi connectivity index (χ0n) is 25.4. The first-order valence-electron chi connectivity index (χ1n) is 14.4. The molecule has 1 aliphatic heterocycles. The maximum atomic E-state index is 12.0. The van der Waals surface area contributed by atoms with Gasteiger partial charge in [0.15, 0.2) is 0 Å². The lowest BCUT2D eigenvalue weighted by Gasteiger charge is -2.47. The molecule has 0 radical (unpaired) electrons. The predicted octanol–water partition coefficient (Wildman–Crippen LogP) is 4.68. The van der Waals surface area contributed by atoms with E-state index in [1.807, 2.05) is 13.8 Å². The average Bonchev–Trinajstić information content (AvgIpc) is 3.43. The second-order valence-electron chi connectivity index (χ2n) is 11.1. The molecule has 4 aliphatic rings. The molecule has 3 aliphatic carbocycles. The van der Waals surface area contributed by atoms with Gasteiger partial charge in [0.1, 0.15) is 17.3 Å². The number of benzene rings is 1. The van der Waals surface area contributed by atoms with Crippen LogP contribution in [0.4, 0.5) is 5.69 Å². The number of hydrogen-bond acceptors (Lipinski definition) is 7. The third-order valence-corrected chi connectivity index (χ3v) is 8.19. The molecule has 222 valence electrons. The van der Waals surface area contributed by atoms with Crippen molar-refractivity contribution in [2.45, 2.75) is 60.8 Å². The predicted molar refractivity (Wildman–Crippen MR) is 168 cm³/mol. The Morgan fingerprint density at radius 3 is 2.46 bits per heavy atom. The van der Waals surface area contributed by atoms with Crippen LogP contribution in [0.1, 0.15) is 66.4 Å². The second-order valence-corrected chi connectivity index (χ2v) is 11.1. The summed E-state index contributed by atoms with van der Waals surface area (Å²) in [7, 11) is 0. The highest BCUT2D eigenvalue weighted by Crippen LogP contribution is 2.53. The summed E-state index contributed by atoms with van der Waals surface area (Å²) >= 11 is 0. The molecular formula is C32H47N7O2. The number of phenolic OH excluding ortho intramolecular Hbond substituents is 1. The van der Waals surface area contributed by atoms with Gasteiger partial charge in [-0.05, 0) is 75.1 Å². The Bertz CT molecular complexity index is 1360. The SMILES string of the molecule is CC.CC1=C/CC2(C)CC(C2)\C(C)=C\1C.NC(N)=C(/C=C(\N)c1ccccc1O)n1cc(N2CCNCC2=O)cn1. The van der Waals surface area contributed by atoms with Gasteiger partial charge in [-0.3, -0.25) is 4.79 Å². The largest absolute Gasteiger partial charge is 0.507 e. The molecule has 2 bridgehead atoms. The highest BCUT2D eigenvalue weighted by Gasteiger charge is 2.41. The summed E-state index contributed by atoms with van der Waals surface area (Å²) in [6.45, 7) is 14.8. The van der Waals surface area contributed by atoms with Gasteiger partial charge in [0.25, 0.3) is 0 Å². The van der Waals surface area contributed by atoms with Gasteiger partial charge in [-0.2, -0.15) is 5.10 Å². The van der Waals surface area contributed by atoms with Crippen molar-refractivity contribution in [1.82, 2.24) is 15.1 Å². The molecule has 6 rings (SSSR count).